The van der Waals surface area contributed by atoms with E-state index in [1.165, 1.54) is 0 Å². The van der Waals surface area contributed by atoms with Gasteiger partial charge in [0.1, 0.15) is 40.1 Å². The van der Waals surface area contributed by atoms with Gasteiger partial charge in [0, 0.05) is 6.07 Å². The van der Waals surface area contributed by atoms with Crippen LogP contribution in [0.1, 0.15) is 11.1 Å². The van der Waals surface area contributed by atoms with Crippen molar-refractivity contribution < 1.29 is 23.7 Å². The first-order valence-corrected chi connectivity index (χ1v) is 8.15. The molecule has 0 bridgehead atoms. The summed E-state index contributed by atoms with van der Waals surface area (Å²) in [4.78, 5) is 16.9. The van der Waals surface area contributed by atoms with Crippen molar-refractivity contribution in [2.75, 3.05) is 28.4 Å². The maximum Gasteiger partial charge on any atom is 0.275 e. The summed E-state index contributed by atoms with van der Waals surface area (Å²) >= 11 is 0. The SMILES string of the molecule is COc1cc(/C=C2/N=C(c3c(OC)cccc3OC)NC2=O)cc(OC)c1. The first kappa shape index (κ1) is 18.3. The standard InChI is InChI=1S/C20H20N2O5/c1-24-13-8-12(9-14(11-13)25-2)10-15-20(23)22-19(21-15)18-16(26-3)6-5-7-17(18)27-4/h5-11H,1-4H3,(H,21,22,23)/b15-10+. The molecule has 1 amide bonds. The zero-order chi connectivity index (χ0) is 19.4. The fraction of sp³-hybridized carbons (Fsp3) is 0.200. The van der Waals surface area contributed by atoms with Crippen LogP contribution < -0.4 is 24.3 Å². The molecule has 27 heavy (non-hydrogen) atoms. The third-order valence-electron chi connectivity index (χ3n) is 4.04. The van der Waals surface area contributed by atoms with E-state index in [0.717, 1.165) is 5.56 Å². The number of hydrogen-bond donors (Lipinski definition) is 1. The quantitative estimate of drug-likeness (QED) is 0.793. The van der Waals surface area contributed by atoms with Crippen molar-refractivity contribution in [3.8, 4) is 23.0 Å². The minimum atomic E-state index is -0.320. The topological polar surface area (TPSA) is 78.4 Å². The number of amidine groups is 1. The van der Waals surface area contributed by atoms with Crippen molar-refractivity contribution in [3.05, 3.63) is 53.2 Å². The largest absolute Gasteiger partial charge is 0.497 e. The molecule has 0 spiro atoms. The number of nitrogens with one attached hydrogen (secondary N) is 1. The Morgan fingerprint density at radius 2 is 1.48 bits per heavy atom. The molecule has 2 aromatic rings. The average molecular weight is 368 g/mol. The zero-order valence-electron chi connectivity index (χ0n) is 15.5. The van der Waals surface area contributed by atoms with Gasteiger partial charge in [-0.15, -0.1) is 0 Å². The van der Waals surface area contributed by atoms with Crippen LogP contribution >= 0.6 is 0 Å². The number of benzene rings is 2. The van der Waals surface area contributed by atoms with Gasteiger partial charge < -0.3 is 24.3 Å². The highest BCUT2D eigenvalue weighted by Gasteiger charge is 2.26. The Morgan fingerprint density at radius 3 is 2.00 bits per heavy atom. The first-order chi connectivity index (χ1) is 13.1. The van der Waals surface area contributed by atoms with E-state index >= 15 is 0 Å². The van der Waals surface area contributed by atoms with E-state index < -0.39 is 0 Å². The minimum absolute atomic E-state index is 0.258. The molecule has 0 radical (unpaired) electrons. The third kappa shape index (κ3) is 3.72. The monoisotopic (exact) mass is 368 g/mol. The average Bonchev–Trinajstić information content (AvgIpc) is 3.06. The summed E-state index contributed by atoms with van der Waals surface area (Å²) in [5.74, 6) is 2.40. The molecule has 0 saturated heterocycles. The van der Waals surface area contributed by atoms with Gasteiger partial charge in [-0.1, -0.05) is 6.07 Å². The highest BCUT2D eigenvalue weighted by atomic mass is 16.5. The lowest BCUT2D eigenvalue weighted by molar-refractivity contribution is -0.115. The van der Waals surface area contributed by atoms with Gasteiger partial charge in [-0.25, -0.2) is 4.99 Å². The van der Waals surface area contributed by atoms with Crippen LogP contribution in [-0.2, 0) is 4.79 Å². The van der Waals surface area contributed by atoms with Crippen molar-refractivity contribution in [1.82, 2.24) is 5.32 Å². The molecule has 1 aliphatic rings. The summed E-state index contributed by atoms with van der Waals surface area (Å²) in [7, 11) is 6.24. The molecule has 0 unspecified atom stereocenters. The Kier molecular flexibility index (Phi) is 5.30. The van der Waals surface area contributed by atoms with Crippen molar-refractivity contribution in [2.24, 2.45) is 4.99 Å². The number of hydrogen-bond acceptors (Lipinski definition) is 6. The summed E-state index contributed by atoms with van der Waals surface area (Å²) in [6.45, 7) is 0. The summed E-state index contributed by atoms with van der Waals surface area (Å²) in [5, 5.41) is 2.77. The van der Waals surface area contributed by atoms with Gasteiger partial charge in [-0.3, -0.25) is 4.79 Å². The lowest BCUT2D eigenvalue weighted by Crippen LogP contribution is -2.25. The molecule has 1 aliphatic heterocycles. The Bertz CT molecular complexity index is 889. The van der Waals surface area contributed by atoms with Crippen molar-refractivity contribution in [2.45, 2.75) is 0 Å². The van der Waals surface area contributed by atoms with Gasteiger partial charge >= 0.3 is 0 Å². The van der Waals surface area contributed by atoms with E-state index in [0.29, 0.717) is 34.4 Å². The normalized spacial score (nSPS) is 14.6. The Hall–Kier alpha value is -3.48. The number of carbonyl (C=O) groups excluding carboxylic acids is 1. The van der Waals surface area contributed by atoms with Crippen LogP contribution in [0.3, 0.4) is 0 Å². The second-order valence-electron chi connectivity index (χ2n) is 5.63. The number of nitrogens with zero attached hydrogens (tertiary/aromatic N) is 1. The van der Waals surface area contributed by atoms with Crippen molar-refractivity contribution in [1.29, 1.82) is 0 Å². The minimum Gasteiger partial charge on any atom is -0.497 e. The van der Waals surface area contributed by atoms with Gasteiger partial charge in [-0.2, -0.15) is 0 Å². The second kappa shape index (κ2) is 7.82. The van der Waals surface area contributed by atoms with E-state index in [1.54, 1.807) is 70.9 Å². The Labute approximate surface area is 157 Å². The molecule has 0 saturated carbocycles. The predicted octanol–water partition coefficient (Wildman–Crippen LogP) is 2.64. The molecular weight excluding hydrogens is 348 g/mol. The van der Waals surface area contributed by atoms with E-state index in [9.17, 15) is 4.79 Å². The summed E-state index contributed by atoms with van der Waals surface area (Å²) in [6, 6.07) is 10.7. The van der Waals surface area contributed by atoms with E-state index in [-0.39, 0.29) is 11.6 Å². The number of rotatable bonds is 6. The van der Waals surface area contributed by atoms with Crippen LogP contribution in [-0.4, -0.2) is 40.2 Å². The molecule has 0 aliphatic carbocycles. The number of methoxy groups -OCH3 is 4. The number of amides is 1. The summed E-state index contributed by atoms with van der Waals surface area (Å²) in [6.07, 6.45) is 1.66. The number of ether oxygens (including phenoxy) is 4. The Morgan fingerprint density at radius 1 is 0.889 bits per heavy atom. The van der Waals surface area contributed by atoms with Crippen molar-refractivity contribution >= 4 is 17.8 Å². The molecule has 3 rings (SSSR count). The fourth-order valence-electron chi connectivity index (χ4n) is 2.74. The van der Waals surface area contributed by atoms with Crippen LogP contribution in [0, 0.1) is 0 Å². The first-order valence-electron chi connectivity index (χ1n) is 8.15. The molecule has 2 aromatic carbocycles. The highest BCUT2D eigenvalue weighted by Crippen LogP contribution is 2.31. The maximum absolute atomic E-state index is 12.4. The maximum atomic E-state index is 12.4. The molecule has 140 valence electrons. The molecule has 1 heterocycles. The van der Waals surface area contributed by atoms with Gasteiger partial charge in [0.2, 0.25) is 0 Å². The lowest BCUT2D eigenvalue weighted by atomic mass is 10.1. The van der Waals surface area contributed by atoms with Gasteiger partial charge in [-0.05, 0) is 35.9 Å². The fourth-order valence-corrected chi connectivity index (χ4v) is 2.74. The van der Waals surface area contributed by atoms with Crippen LogP contribution in [0.5, 0.6) is 23.0 Å². The van der Waals surface area contributed by atoms with Crippen molar-refractivity contribution in [3.63, 3.8) is 0 Å². The summed E-state index contributed by atoms with van der Waals surface area (Å²) in [5.41, 5.74) is 1.57. The predicted molar refractivity (Wildman–Crippen MR) is 102 cm³/mol. The van der Waals surface area contributed by atoms with Gasteiger partial charge in [0.15, 0.2) is 0 Å². The smallest absolute Gasteiger partial charge is 0.275 e. The number of carbonyl (C=O) groups is 1. The van der Waals surface area contributed by atoms with Crippen LogP contribution in [0.4, 0.5) is 0 Å². The summed E-state index contributed by atoms with van der Waals surface area (Å²) < 4.78 is 21.3. The number of aliphatic imine (C=N–C) groups is 1. The highest BCUT2D eigenvalue weighted by molar-refractivity contribution is 6.21. The van der Waals surface area contributed by atoms with E-state index in [4.69, 9.17) is 18.9 Å². The Balaban J connectivity index is 2.04. The van der Waals surface area contributed by atoms with E-state index in [1.807, 2.05) is 0 Å². The van der Waals surface area contributed by atoms with Gasteiger partial charge in [0.25, 0.3) is 5.91 Å². The molecule has 7 nitrogen and oxygen atoms in total. The van der Waals surface area contributed by atoms with Crippen LogP contribution in [0.2, 0.25) is 0 Å². The molecule has 0 atom stereocenters. The zero-order valence-corrected chi connectivity index (χ0v) is 15.5. The molecule has 0 fully saturated rings. The third-order valence-corrected chi connectivity index (χ3v) is 4.04. The molecule has 0 aromatic heterocycles. The molecule has 1 N–H and O–H groups in total. The lowest BCUT2D eigenvalue weighted by Gasteiger charge is -2.12. The van der Waals surface area contributed by atoms with Crippen LogP contribution in [0.25, 0.3) is 6.08 Å². The van der Waals surface area contributed by atoms with Gasteiger partial charge in [0.05, 0.1) is 28.4 Å². The second-order valence-corrected chi connectivity index (χ2v) is 5.63. The molecular formula is C20H20N2O5. The van der Waals surface area contributed by atoms with E-state index in [2.05, 4.69) is 10.3 Å². The van der Waals surface area contributed by atoms with Crippen LogP contribution in [0.15, 0.2) is 47.1 Å². The molecule has 7 heteroatoms.